The molecule has 1 amide bonds. The summed E-state index contributed by atoms with van der Waals surface area (Å²) in [5.41, 5.74) is 1.08. The Hall–Kier alpha value is -2.41. The summed E-state index contributed by atoms with van der Waals surface area (Å²) in [6, 6.07) is 5.22. The number of carbonyl (C=O) groups is 1. The summed E-state index contributed by atoms with van der Waals surface area (Å²) in [7, 11) is 0. The molecule has 0 spiro atoms. The van der Waals surface area contributed by atoms with E-state index in [1.807, 2.05) is 6.92 Å². The zero-order valence-corrected chi connectivity index (χ0v) is 12.3. The second-order valence-electron chi connectivity index (χ2n) is 5.22. The largest absolute Gasteiger partial charge is 0.376 e. The van der Waals surface area contributed by atoms with Crippen molar-refractivity contribution in [1.82, 2.24) is 15.5 Å². The predicted molar refractivity (Wildman–Crippen MR) is 80.1 cm³/mol. The van der Waals surface area contributed by atoms with Crippen LogP contribution in [-0.4, -0.2) is 35.3 Å². The van der Waals surface area contributed by atoms with Crippen molar-refractivity contribution in [3.63, 3.8) is 0 Å². The molecular weight excluding hydrogens is 284 g/mol. The minimum atomic E-state index is -0.213. The Morgan fingerprint density at radius 2 is 2.36 bits per heavy atom. The summed E-state index contributed by atoms with van der Waals surface area (Å²) in [6.07, 6.45) is 3.73. The Labute approximate surface area is 128 Å². The molecule has 0 saturated carbocycles. The number of aromatic nitrogens is 2. The van der Waals surface area contributed by atoms with E-state index in [0.717, 1.165) is 25.1 Å². The molecule has 22 heavy (non-hydrogen) atoms. The van der Waals surface area contributed by atoms with Crippen LogP contribution in [0.2, 0.25) is 0 Å². The van der Waals surface area contributed by atoms with Crippen LogP contribution in [0.25, 0.3) is 0 Å². The minimum absolute atomic E-state index is 0.114. The second-order valence-corrected chi connectivity index (χ2v) is 5.22. The van der Waals surface area contributed by atoms with Gasteiger partial charge in [-0.05, 0) is 31.9 Å². The Morgan fingerprint density at radius 1 is 1.45 bits per heavy atom. The number of nitrogens with one attached hydrogen (secondary N) is 2. The van der Waals surface area contributed by atoms with Gasteiger partial charge in [0.05, 0.1) is 6.10 Å². The molecule has 0 radical (unpaired) electrons. The third-order valence-electron chi connectivity index (χ3n) is 3.41. The molecule has 0 bridgehead atoms. The highest BCUT2D eigenvalue weighted by molar-refractivity contribution is 5.93. The molecular formula is C15H18N4O3. The van der Waals surface area contributed by atoms with E-state index in [1.165, 1.54) is 0 Å². The number of rotatable bonds is 5. The fourth-order valence-electron chi connectivity index (χ4n) is 2.31. The van der Waals surface area contributed by atoms with Crippen LogP contribution in [0.5, 0.6) is 0 Å². The van der Waals surface area contributed by atoms with Gasteiger partial charge in [-0.15, -0.1) is 0 Å². The van der Waals surface area contributed by atoms with E-state index in [1.54, 1.807) is 24.4 Å². The molecule has 0 aliphatic carbocycles. The molecule has 7 heteroatoms. The first kappa shape index (κ1) is 14.5. The van der Waals surface area contributed by atoms with Crippen molar-refractivity contribution in [1.29, 1.82) is 0 Å². The molecule has 1 aliphatic heterocycles. The standard InChI is InChI=1S/C15H18N4O3/c1-10-7-14(19-22-10)18-11-4-5-16-13(8-11)15(20)17-9-12-3-2-6-21-12/h4-5,7-8,12H,2-3,6,9H2,1H3,(H,17,20)(H,16,18,19). The number of amides is 1. The Morgan fingerprint density at radius 3 is 3.09 bits per heavy atom. The van der Waals surface area contributed by atoms with Crippen LogP contribution >= 0.6 is 0 Å². The highest BCUT2D eigenvalue weighted by Crippen LogP contribution is 2.16. The zero-order valence-electron chi connectivity index (χ0n) is 12.3. The van der Waals surface area contributed by atoms with Crippen molar-refractivity contribution in [2.45, 2.75) is 25.9 Å². The third kappa shape index (κ3) is 3.62. The first-order valence-corrected chi connectivity index (χ1v) is 7.27. The number of ether oxygens (including phenoxy) is 1. The van der Waals surface area contributed by atoms with Gasteiger partial charge in [-0.3, -0.25) is 9.78 Å². The molecule has 7 nitrogen and oxygen atoms in total. The van der Waals surface area contributed by atoms with Crippen LogP contribution in [0.4, 0.5) is 11.5 Å². The number of anilines is 2. The predicted octanol–water partition coefficient (Wildman–Crippen LogP) is 2.03. The lowest BCUT2D eigenvalue weighted by Gasteiger charge is -2.11. The van der Waals surface area contributed by atoms with E-state index in [-0.39, 0.29) is 12.0 Å². The first-order chi connectivity index (χ1) is 10.7. The summed E-state index contributed by atoms with van der Waals surface area (Å²) in [5.74, 6) is 1.09. The lowest BCUT2D eigenvalue weighted by atomic mass is 10.2. The van der Waals surface area contributed by atoms with E-state index < -0.39 is 0 Å². The van der Waals surface area contributed by atoms with E-state index >= 15 is 0 Å². The van der Waals surface area contributed by atoms with Crippen molar-refractivity contribution in [2.24, 2.45) is 0 Å². The van der Waals surface area contributed by atoms with Crippen molar-refractivity contribution >= 4 is 17.4 Å². The molecule has 1 aliphatic rings. The molecule has 1 atom stereocenters. The van der Waals surface area contributed by atoms with Gasteiger partial charge in [0.2, 0.25) is 0 Å². The highest BCUT2D eigenvalue weighted by atomic mass is 16.5. The molecule has 2 aromatic rings. The monoisotopic (exact) mass is 302 g/mol. The SMILES string of the molecule is Cc1cc(Nc2ccnc(C(=O)NCC3CCCO3)c2)no1. The van der Waals surface area contributed by atoms with Crippen LogP contribution in [0.3, 0.4) is 0 Å². The maximum atomic E-state index is 12.1. The van der Waals surface area contributed by atoms with Gasteiger partial charge in [-0.25, -0.2) is 0 Å². The van der Waals surface area contributed by atoms with Gasteiger partial charge in [0, 0.05) is 31.1 Å². The summed E-state index contributed by atoms with van der Waals surface area (Å²) < 4.78 is 10.5. The molecule has 3 rings (SSSR count). The maximum Gasteiger partial charge on any atom is 0.270 e. The summed E-state index contributed by atoms with van der Waals surface area (Å²) in [5, 5.41) is 9.77. The first-order valence-electron chi connectivity index (χ1n) is 7.27. The highest BCUT2D eigenvalue weighted by Gasteiger charge is 2.17. The van der Waals surface area contributed by atoms with E-state index in [0.29, 0.717) is 23.8 Å². The zero-order chi connectivity index (χ0) is 15.4. The second kappa shape index (κ2) is 6.57. The average Bonchev–Trinajstić information content (AvgIpc) is 3.17. The lowest BCUT2D eigenvalue weighted by molar-refractivity contribution is 0.0854. The summed E-state index contributed by atoms with van der Waals surface area (Å²) in [4.78, 5) is 16.2. The number of hydrogen-bond donors (Lipinski definition) is 2. The van der Waals surface area contributed by atoms with E-state index in [2.05, 4.69) is 20.8 Å². The smallest absolute Gasteiger partial charge is 0.270 e. The van der Waals surface area contributed by atoms with Crippen molar-refractivity contribution in [3.8, 4) is 0 Å². The van der Waals surface area contributed by atoms with E-state index in [4.69, 9.17) is 9.26 Å². The third-order valence-corrected chi connectivity index (χ3v) is 3.41. The summed E-state index contributed by atoms with van der Waals surface area (Å²) in [6.45, 7) is 3.10. The van der Waals surface area contributed by atoms with Crippen LogP contribution in [0.15, 0.2) is 28.9 Å². The minimum Gasteiger partial charge on any atom is -0.376 e. The van der Waals surface area contributed by atoms with Gasteiger partial charge in [-0.1, -0.05) is 5.16 Å². The van der Waals surface area contributed by atoms with Crippen LogP contribution in [0, 0.1) is 6.92 Å². The molecule has 1 saturated heterocycles. The molecule has 116 valence electrons. The molecule has 1 fully saturated rings. The van der Waals surface area contributed by atoms with Gasteiger partial charge >= 0.3 is 0 Å². The van der Waals surface area contributed by atoms with Crippen molar-refractivity contribution in [3.05, 3.63) is 35.9 Å². The molecule has 1 unspecified atom stereocenters. The number of carbonyl (C=O) groups excluding carboxylic acids is 1. The molecule has 2 aromatic heterocycles. The van der Waals surface area contributed by atoms with Crippen LogP contribution < -0.4 is 10.6 Å². The van der Waals surface area contributed by atoms with Crippen molar-refractivity contribution in [2.75, 3.05) is 18.5 Å². The van der Waals surface area contributed by atoms with Gasteiger partial charge < -0.3 is 19.9 Å². The van der Waals surface area contributed by atoms with Crippen LogP contribution in [0.1, 0.15) is 29.1 Å². The van der Waals surface area contributed by atoms with Crippen LogP contribution in [-0.2, 0) is 4.74 Å². The number of pyridine rings is 1. The fraction of sp³-hybridized carbons (Fsp3) is 0.400. The van der Waals surface area contributed by atoms with Gasteiger partial charge in [0.25, 0.3) is 5.91 Å². The molecule has 2 N–H and O–H groups in total. The van der Waals surface area contributed by atoms with Gasteiger partial charge in [0.15, 0.2) is 5.82 Å². The van der Waals surface area contributed by atoms with E-state index in [9.17, 15) is 4.79 Å². The number of hydrogen-bond acceptors (Lipinski definition) is 6. The average molecular weight is 302 g/mol. The maximum absolute atomic E-state index is 12.1. The van der Waals surface area contributed by atoms with Gasteiger partial charge in [0.1, 0.15) is 11.5 Å². The molecule has 3 heterocycles. The van der Waals surface area contributed by atoms with Gasteiger partial charge in [-0.2, -0.15) is 0 Å². The topological polar surface area (TPSA) is 89.3 Å². The number of aryl methyl sites for hydroxylation is 1. The fourth-order valence-corrected chi connectivity index (χ4v) is 2.31. The number of nitrogens with zero attached hydrogens (tertiary/aromatic N) is 2. The summed E-state index contributed by atoms with van der Waals surface area (Å²) >= 11 is 0. The Balaban J connectivity index is 1.61. The normalized spacial score (nSPS) is 17.4. The van der Waals surface area contributed by atoms with Crippen molar-refractivity contribution < 1.29 is 14.1 Å². The lowest BCUT2D eigenvalue weighted by Crippen LogP contribution is -2.32. The molecule has 0 aromatic carbocycles. The Kier molecular flexibility index (Phi) is 4.34. The quantitative estimate of drug-likeness (QED) is 0.878. The Bertz CT molecular complexity index is 650.